The van der Waals surface area contributed by atoms with E-state index >= 15 is 0 Å². The predicted molar refractivity (Wildman–Crippen MR) is 105 cm³/mol. The number of halogens is 2. The van der Waals surface area contributed by atoms with E-state index in [-0.39, 0.29) is 22.7 Å². The van der Waals surface area contributed by atoms with E-state index in [0.29, 0.717) is 12.8 Å². The molecule has 0 bridgehead atoms. The fraction of sp³-hybridized carbons (Fsp3) is 0.318. The van der Waals surface area contributed by atoms with Gasteiger partial charge in [-0.15, -0.1) is 0 Å². The lowest BCUT2D eigenvalue weighted by molar-refractivity contribution is -0.155. The quantitative estimate of drug-likeness (QED) is 0.704. The Morgan fingerprint density at radius 1 is 1.00 bits per heavy atom. The highest BCUT2D eigenvalue weighted by atomic mass is 35.5. The second kappa shape index (κ2) is 7.95. The van der Waals surface area contributed by atoms with Crippen molar-refractivity contribution in [3.63, 3.8) is 0 Å². The Morgan fingerprint density at radius 2 is 1.59 bits per heavy atom. The fourth-order valence-electron chi connectivity index (χ4n) is 4.18. The molecule has 4 rings (SSSR count). The molecule has 0 N–H and O–H groups in total. The van der Waals surface area contributed by atoms with Crippen molar-refractivity contribution in [2.24, 2.45) is 11.8 Å². The molecule has 3 amide bonds. The third kappa shape index (κ3) is 3.53. The maximum atomic E-state index is 14.3. The molecule has 5 nitrogen and oxygen atoms in total. The second-order valence-electron chi connectivity index (χ2n) is 7.42. The lowest BCUT2D eigenvalue weighted by Crippen LogP contribution is -2.50. The van der Waals surface area contributed by atoms with Crippen LogP contribution >= 0.6 is 11.6 Å². The largest absolute Gasteiger partial charge is 0.274 e. The molecule has 2 aliphatic rings. The van der Waals surface area contributed by atoms with Crippen LogP contribution in [0.15, 0.2) is 48.5 Å². The number of amides is 3. The highest BCUT2D eigenvalue weighted by Crippen LogP contribution is 2.39. The molecule has 29 heavy (non-hydrogen) atoms. The van der Waals surface area contributed by atoms with Crippen LogP contribution in [0.5, 0.6) is 0 Å². The Kier molecular flexibility index (Phi) is 5.37. The first-order valence-electron chi connectivity index (χ1n) is 9.66. The number of carbonyl (C=O) groups is 3. The number of benzene rings is 2. The summed E-state index contributed by atoms with van der Waals surface area (Å²) < 4.78 is 14.3. The SMILES string of the molecule is O=C(c1ccccc1Cl)N(Cc1ccccc1F)N1C(=O)[C@@H]2CCCC[C@H]2C1=O. The molecule has 2 atom stereocenters. The number of fused-ring (bicyclic) bond motifs is 1. The minimum absolute atomic E-state index is 0.154. The maximum Gasteiger partial charge on any atom is 0.274 e. The lowest BCUT2D eigenvalue weighted by atomic mass is 9.81. The molecule has 0 unspecified atom stereocenters. The standard InChI is InChI=1S/C22H20ClFN2O3/c23-18-11-5-4-10-17(18)20(27)25(13-14-7-1-6-12-19(14)24)26-21(28)15-8-2-3-9-16(15)22(26)29/h1,4-7,10-12,15-16H,2-3,8-9,13H2/t15-,16-/m1/s1. The molecule has 1 aliphatic carbocycles. The van der Waals surface area contributed by atoms with E-state index in [2.05, 4.69) is 0 Å². The molecule has 2 aromatic carbocycles. The molecular weight excluding hydrogens is 395 g/mol. The van der Waals surface area contributed by atoms with E-state index < -0.39 is 35.4 Å². The van der Waals surface area contributed by atoms with Crippen molar-refractivity contribution >= 4 is 29.3 Å². The number of hydrogen-bond donors (Lipinski definition) is 0. The molecule has 0 radical (unpaired) electrons. The van der Waals surface area contributed by atoms with Crippen molar-refractivity contribution in [2.75, 3.05) is 0 Å². The van der Waals surface area contributed by atoms with Gasteiger partial charge in [-0.3, -0.25) is 14.4 Å². The van der Waals surface area contributed by atoms with E-state index in [1.54, 1.807) is 30.3 Å². The molecule has 2 aromatic rings. The summed E-state index contributed by atoms with van der Waals surface area (Å²) >= 11 is 6.19. The number of nitrogens with zero attached hydrogens (tertiary/aromatic N) is 2. The van der Waals surface area contributed by atoms with Crippen molar-refractivity contribution < 1.29 is 18.8 Å². The van der Waals surface area contributed by atoms with E-state index in [4.69, 9.17) is 11.6 Å². The van der Waals surface area contributed by atoms with Gasteiger partial charge in [0.15, 0.2) is 0 Å². The van der Waals surface area contributed by atoms with Gasteiger partial charge in [-0.1, -0.05) is 54.8 Å². The minimum atomic E-state index is -0.612. The van der Waals surface area contributed by atoms with E-state index in [1.165, 1.54) is 18.2 Å². The summed E-state index contributed by atoms with van der Waals surface area (Å²) in [7, 11) is 0. The molecule has 7 heteroatoms. The second-order valence-corrected chi connectivity index (χ2v) is 7.83. The summed E-state index contributed by atoms with van der Waals surface area (Å²) in [5.74, 6) is -2.75. The normalized spacial score (nSPS) is 21.2. The molecule has 1 saturated heterocycles. The molecule has 0 spiro atoms. The fourth-order valence-corrected chi connectivity index (χ4v) is 4.39. The van der Waals surface area contributed by atoms with Gasteiger partial charge in [0.1, 0.15) is 5.82 Å². The number of hydrogen-bond acceptors (Lipinski definition) is 3. The molecule has 1 saturated carbocycles. The Morgan fingerprint density at radius 3 is 2.21 bits per heavy atom. The zero-order chi connectivity index (χ0) is 20.5. The Bertz CT molecular complexity index is 956. The van der Waals surface area contributed by atoms with Crippen LogP contribution in [0.1, 0.15) is 41.6 Å². The highest BCUT2D eigenvalue weighted by Gasteiger charge is 2.51. The van der Waals surface area contributed by atoms with Gasteiger partial charge in [0, 0.05) is 5.56 Å². The van der Waals surface area contributed by atoms with Crippen molar-refractivity contribution in [1.82, 2.24) is 10.0 Å². The average Bonchev–Trinajstić information content (AvgIpc) is 2.98. The summed E-state index contributed by atoms with van der Waals surface area (Å²) in [6, 6.07) is 12.4. The third-order valence-electron chi connectivity index (χ3n) is 5.68. The van der Waals surface area contributed by atoms with Crippen LogP contribution < -0.4 is 0 Å². The molecule has 2 fully saturated rings. The van der Waals surface area contributed by atoms with E-state index in [1.807, 2.05) is 0 Å². The first-order chi connectivity index (χ1) is 14.0. The van der Waals surface area contributed by atoms with Gasteiger partial charge < -0.3 is 0 Å². The molecule has 1 heterocycles. The Balaban J connectivity index is 1.75. The minimum Gasteiger partial charge on any atom is -0.272 e. The van der Waals surface area contributed by atoms with Crippen molar-refractivity contribution in [2.45, 2.75) is 32.2 Å². The van der Waals surface area contributed by atoms with Gasteiger partial charge in [0.25, 0.3) is 17.7 Å². The first kappa shape index (κ1) is 19.6. The summed E-state index contributed by atoms with van der Waals surface area (Å²) in [5, 5.41) is 2.18. The number of hydrazine groups is 1. The van der Waals surface area contributed by atoms with Crippen LogP contribution in [0, 0.1) is 17.7 Å². The van der Waals surface area contributed by atoms with Crippen LogP contribution in [0.3, 0.4) is 0 Å². The average molecular weight is 415 g/mol. The molecule has 150 valence electrons. The summed E-state index contributed by atoms with van der Waals surface area (Å²) in [6.45, 7) is -0.242. The van der Waals surface area contributed by atoms with Gasteiger partial charge in [-0.25, -0.2) is 9.40 Å². The first-order valence-corrected chi connectivity index (χ1v) is 10.0. The topological polar surface area (TPSA) is 57.7 Å². The summed E-state index contributed by atoms with van der Waals surface area (Å²) in [6.07, 6.45) is 3.00. The van der Waals surface area contributed by atoms with Crippen LogP contribution in [0.4, 0.5) is 4.39 Å². The van der Waals surface area contributed by atoms with Gasteiger partial charge in [0.2, 0.25) is 0 Å². The van der Waals surface area contributed by atoms with Gasteiger partial charge in [-0.05, 0) is 31.0 Å². The van der Waals surface area contributed by atoms with Crippen LogP contribution in [0.2, 0.25) is 5.02 Å². The van der Waals surface area contributed by atoms with Gasteiger partial charge >= 0.3 is 0 Å². The number of rotatable bonds is 4. The Labute approximate surface area is 173 Å². The van der Waals surface area contributed by atoms with Crippen LogP contribution in [-0.2, 0) is 16.1 Å². The van der Waals surface area contributed by atoms with Crippen LogP contribution in [0.25, 0.3) is 0 Å². The molecular formula is C22H20ClFN2O3. The van der Waals surface area contributed by atoms with Crippen molar-refractivity contribution in [1.29, 1.82) is 0 Å². The smallest absolute Gasteiger partial charge is 0.272 e. The summed E-state index contributed by atoms with van der Waals surface area (Å²) in [5.41, 5.74) is 0.365. The Hall–Kier alpha value is -2.73. The monoisotopic (exact) mass is 414 g/mol. The van der Waals surface area contributed by atoms with E-state index in [0.717, 1.165) is 22.9 Å². The van der Waals surface area contributed by atoms with Crippen molar-refractivity contribution in [3.05, 3.63) is 70.5 Å². The highest BCUT2D eigenvalue weighted by molar-refractivity contribution is 6.33. The van der Waals surface area contributed by atoms with E-state index in [9.17, 15) is 18.8 Å². The number of carbonyl (C=O) groups excluding carboxylic acids is 3. The lowest BCUT2D eigenvalue weighted by Gasteiger charge is -2.31. The number of imide groups is 1. The third-order valence-corrected chi connectivity index (χ3v) is 6.01. The zero-order valence-corrected chi connectivity index (χ0v) is 16.4. The zero-order valence-electron chi connectivity index (χ0n) is 15.7. The van der Waals surface area contributed by atoms with Gasteiger partial charge in [-0.2, -0.15) is 5.01 Å². The summed E-state index contributed by atoms with van der Waals surface area (Å²) in [4.78, 5) is 39.5. The maximum absolute atomic E-state index is 14.3. The predicted octanol–water partition coefficient (Wildman–Crippen LogP) is 4.21. The van der Waals surface area contributed by atoms with Crippen molar-refractivity contribution in [3.8, 4) is 0 Å². The molecule has 0 aromatic heterocycles. The van der Waals surface area contributed by atoms with Crippen LogP contribution in [-0.4, -0.2) is 27.7 Å². The van der Waals surface area contributed by atoms with Gasteiger partial charge in [0.05, 0.1) is 29.0 Å². The molecule has 1 aliphatic heterocycles.